The first-order valence-electron chi connectivity index (χ1n) is 6.97. The molecule has 0 spiro atoms. The molecule has 0 fully saturated rings. The van der Waals surface area contributed by atoms with Gasteiger partial charge in [-0.05, 0) is 49.9 Å². The number of hydrogen-bond donors (Lipinski definition) is 1. The highest BCUT2D eigenvalue weighted by molar-refractivity contribution is 6.30. The molecule has 0 heterocycles. The molecule has 2 rings (SSSR count). The molecule has 1 aliphatic rings. The Morgan fingerprint density at radius 3 is 2.71 bits per heavy atom. The fraction of sp³-hybridized carbons (Fsp3) is 0.375. The quantitative estimate of drug-likeness (QED) is 0.668. The first-order valence-corrected chi connectivity index (χ1v) is 7.35. The van der Waals surface area contributed by atoms with E-state index in [0.717, 1.165) is 12.8 Å². The second-order valence-corrected chi connectivity index (χ2v) is 5.53. The van der Waals surface area contributed by atoms with Crippen LogP contribution in [-0.4, -0.2) is 18.0 Å². The van der Waals surface area contributed by atoms with Gasteiger partial charge in [0.1, 0.15) is 0 Å². The van der Waals surface area contributed by atoms with Crippen LogP contribution in [0.3, 0.4) is 0 Å². The van der Waals surface area contributed by atoms with Gasteiger partial charge < -0.3 is 10.1 Å². The Hall–Kier alpha value is -1.81. The summed E-state index contributed by atoms with van der Waals surface area (Å²) in [4.78, 5) is 23.7. The van der Waals surface area contributed by atoms with Gasteiger partial charge in [0.25, 0.3) is 5.91 Å². The van der Waals surface area contributed by atoms with Gasteiger partial charge in [0.2, 0.25) is 0 Å². The minimum absolute atomic E-state index is 0.240. The van der Waals surface area contributed by atoms with Crippen LogP contribution in [0.5, 0.6) is 0 Å². The van der Waals surface area contributed by atoms with Crippen LogP contribution in [-0.2, 0) is 14.3 Å². The van der Waals surface area contributed by atoms with Gasteiger partial charge in [-0.2, -0.15) is 0 Å². The zero-order chi connectivity index (χ0) is 15.2. The Morgan fingerprint density at radius 1 is 1.38 bits per heavy atom. The Balaban J connectivity index is 1.80. The molecule has 5 heteroatoms. The highest BCUT2D eigenvalue weighted by atomic mass is 35.5. The zero-order valence-corrected chi connectivity index (χ0v) is 12.6. The highest BCUT2D eigenvalue weighted by Gasteiger charge is 2.21. The van der Waals surface area contributed by atoms with Gasteiger partial charge in [-0.1, -0.05) is 23.8 Å². The van der Waals surface area contributed by atoms with Crippen molar-refractivity contribution in [3.8, 4) is 0 Å². The van der Waals surface area contributed by atoms with Crippen molar-refractivity contribution in [2.75, 3.05) is 5.32 Å². The van der Waals surface area contributed by atoms with E-state index in [9.17, 15) is 9.59 Å². The second kappa shape index (κ2) is 7.27. The van der Waals surface area contributed by atoms with Gasteiger partial charge in [-0.25, -0.2) is 0 Å². The lowest BCUT2D eigenvalue weighted by Gasteiger charge is -2.14. The summed E-state index contributed by atoms with van der Waals surface area (Å²) in [6, 6.07) is 6.75. The summed E-state index contributed by atoms with van der Waals surface area (Å²) in [7, 11) is 0. The summed E-state index contributed by atoms with van der Waals surface area (Å²) < 4.78 is 5.16. The molecule has 2 atom stereocenters. The molecule has 0 saturated heterocycles. The van der Waals surface area contributed by atoms with Crippen molar-refractivity contribution in [3.63, 3.8) is 0 Å². The number of halogens is 1. The maximum absolute atomic E-state index is 11.9. The van der Waals surface area contributed by atoms with Gasteiger partial charge in [0, 0.05) is 10.7 Å². The summed E-state index contributed by atoms with van der Waals surface area (Å²) in [5, 5.41) is 3.27. The summed E-state index contributed by atoms with van der Waals surface area (Å²) in [6.45, 7) is 1.56. The first kappa shape index (κ1) is 15.6. The molecular formula is C16H18ClNO3. The van der Waals surface area contributed by atoms with Crippen LogP contribution in [0.2, 0.25) is 5.02 Å². The lowest BCUT2D eigenvalue weighted by molar-refractivity contribution is -0.153. The van der Waals surface area contributed by atoms with Crippen molar-refractivity contribution in [2.24, 2.45) is 5.92 Å². The van der Waals surface area contributed by atoms with E-state index in [2.05, 4.69) is 11.4 Å². The van der Waals surface area contributed by atoms with Gasteiger partial charge >= 0.3 is 5.97 Å². The normalized spacial score (nSPS) is 18.3. The van der Waals surface area contributed by atoms with E-state index in [1.807, 2.05) is 6.08 Å². The first-order chi connectivity index (χ1) is 10.0. The van der Waals surface area contributed by atoms with Crippen molar-refractivity contribution in [3.05, 3.63) is 41.4 Å². The molecule has 1 aromatic carbocycles. The molecule has 0 aromatic heterocycles. The summed E-state index contributed by atoms with van der Waals surface area (Å²) in [6.07, 6.45) is 5.58. The van der Waals surface area contributed by atoms with E-state index < -0.39 is 6.10 Å². The van der Waals surface area contributed by atoms with Crippen molar-refractivity contribution in [1.29, 1.82) is 0 Å². The number of allylic oxidation sites excluding steroid dienone is 2. The van der Waals surface area contributed by atoms with Crippen molar-refractivity contribution in [2.45, 2.75) is 32.3 Å². The number of benzene rings is 1. The van der Waals surface area contributed by atoms with Crippen molar-refractivity contribution >= 4 is 29.2 Å². The van der Waals surface area contributed by atoms with Crippen LogP contribution < -0.4 is 5.32 Å². The maximum atomic E-state index is 11.9. The predicted octanol–water partition coefficient (Wildman–Crippen LogP) is 3.57. The van der Waals surface area contributed by atoms with Crippen LogP contribution in [0.1, 0.15) is 26.2 Å². The number of amides is 1. The third-order valence-corrected chi connectivity index (χ3v) is 3.58. The zero-order valence-electron chi connectivity index (χ0n) is 11.8. The largest absolute Gasteiger partial charge is 0.453 e. The highest BCUT2D eigenvalue weighted by Crippen LogP contribution is 2.21. The number of carbonyl (C=O) groups is 2. The predicted molar refractivity (Wildman–Crippen MR) is 82.1 cm³/mol. The SMILES string of the molecule is C[C@@H](OC(=O)C[C@H]1C=CCC1)C(=O)Nc1ccc(Cl)cc1. The third-order valence-electron chi connectivity index (χ3n) is 3.33. The molecule has 1 amide bonds. The van der Waals surface area contributed by atoms with E-state index in [0.29, 0.717) is 17.1 Å². The summed E-state index contributed by atoms with van der Waals surface area (Å²) in [5.74, 6) is -0.457. The van der Waals surface area contributed by atoms with Gasteiger partial charge in [0.05, 0.1) is 6.42 Å². The fourth-order valence-corrected chi connectivity index (χ4v) is 2.28. The monoisotopic (exact) mass is 307 g/mol. The minimum Gasteiger partial charge on any atom is -0.453 e. The molecule has 4 nitrogen and oxygen atoms in total. The topological polar surface area (TPSA) is 55.4 Å². The lowest BCUT2D eigenvalue weighted by atomic mass is 10.1. The van der Waals surface area contributed by atoms with Gasteiger partial charge in [-0.15, -0.1) is 0 Å². The number of carbonyl (C=O) groups excluding carboxylic acids is 2. The minimum atomic E-state index is -0.821. The van der Waals surface area contributed by atoms with E-state index in [4.69, 9.17) is 16.3 Å². The van der Waals surface area contributed by atoms with Crippen LogP contribution in [0.4, 0.5) is 5.69 Å². The van der Waals surface area contributed by atoms with Crippen LogP contribution in [0, 0.1) is 5.92 Å². The third kappa shape index (κ3) is 4.90. The number of nitrogens with one attached hydrogen (secondary N) is 1. The number of esters is 1. The average molecular weight is 308 g/mol. The summed E-state index contributed by atoms with van der Waals surface area (Å²) >= 11 is 5.77. The molecule has 21 heavy (non-hydrogen) atoms. The average Bonchev–Trinajstić information content (AvgIpc) is 2.94. The van der Waals surface area contributed by atoms with Crippen molar-refractivity contribution in [1.82, 2.24) is 0 Å². The molecule has 1 aliphatic carbocycles. The number of ether oxygens (including phenoxy) is 1. The number of anilines is 1. The fourth-order valence-electron chi connectivity index (χ4n) is 2.16. The van der Waals surface area contributed by atoms with Crippen LogP contribution >= 0.6 is 11.6 Å². The molecule has 1 N–H and O–H groups in total. The molecule has 0 saturated carbocycles. The summed E-state index contributed by atoms with van der Waals surface area (Å²) in [5.41, 5.74) is 0.617. The smallest absolute Gasteiger partial charge is 0.307 e. The van der Waals surface area contributed by atoms with Gasteiger partial charge in [0.15, 0.2) is 6.10 Å². The Kier molecular flexibility index (Phi) is 5.39. The Morgan fingerprint density at radius 2 is 2.10 bits per heavy atom. The number of rotatable bonds is 5. The second-order valence-electron chi connectivity index (χ2n) is 5.10. The standard InChI is InChI=1S/C16H18ClNO3/c1-11(21-15(19)10-12-4-2-3-5-12)16(20)18-14-8-6-13(17)7-9-14/h2,4,6-9,11-12H,3,5,10H2,1H3,(H,18,20)/t11-,12+/m1/s1. The van der Waals surface area contributed by atoms with E-state index in [-0.39, 0.29) is 17.8 Å². The van der Waals surface area contributed by atoms with E-state index in [1.54, 1.807) is 31.2 Å². The van der Waals surface area contributed by atoms with E-state index >= 15 is 0 Å². The molecule has 0 unspecified atom stereocenters. The maximum Gasteiger partial charge on any atom is 0.307 e. The number of hydrogen-bond acceptors (Lipinski definition) is 3. The molecule has 112 valence electrons. The van der Waals surface area contributed by atoms with Crippen molar-refractivity contribution < 1.29 is 14.3 Å². The molecule has 0 aliphatic heterocycles. The Labute approximate surface area is 129 Å². The Bertz CT molecular complexity index is 539. The molecule has 0 radical (unpaired) electrons. The van der Waals surface area contributed by atoms with E-state index in [1.165, 1.54) is 0 Å². The van der Waals surface area contributed by atoms with Crippen LogP contribution in [0.25, 0.3) is 0 Å². The molecule has 1 aromatic rings. The van der Waals surface area contributed by atoms with Gasteiger partial charge in [-0.3, -0.25) is 9.59 Å². The van der Waals surface area contributed by atoms with Crippen LogP contribution in [0.15, 0.2) is 36.4 Å². The molecular weight excluding hydrogens is 290 g/mol. The molecule has 0 bridgehead atoms. The lowest BCUT2D eigenvalue weighted by Crippen LogP contribution is -2.30.